The summed E-state index contributed by atoms with van der Waals surface area (Å²) in [5.41, 5.74) is 8.31. The summed E-state index contributed by atoms with van der Waals surface area (Å²) in [7, 11) is 0. The standard InChI is InChI=1S/C8H12F6N2O2/c1-6(16,5(15)17)2-3-18-4(7(9,10)11)8(12,13)14/h4H,2-3,16H2,1H3,(H2,15,17). The first-order valence-electron chi connectivity index (χ1n) is 4.62. The first-order chi connectivity index (χ1) is 7.78. The molecular weight excluding hydrogens is 270 g/mol. The molecule has 108 valence electrons. The maximum Gasteiger partial charge on any atom is 0.423 e. The van der Waals surface area contributed by atoms with Gasteiger partial charge in [-0.1, -0.05) is 0 Å². The maximum atomic E-state index is 12.0. The molecule has 0 aromatic heterocycles. The Morgan fingerprint density at radius 2 is 1.56 bits per heavy atom. The Morgan fingerprint density at radius 1 is 1.17 bits per heavy atom. The normalized spacial score (nSPS) is 16.7. The maximum absolute atomic E-state index is 12.0. The van der Waals surface area contributed by atoms with Crippen LogP contribution in [0, 0.1) is 0 Å². The fourth-order valence-electron chi connectivity index (χ4n) is 0.887. The number of primary amides is 1. The van der Waals surface area contributed by atoms with E-state index in [9.17, 15) is 31.1 Å². The predicted octanol–water partition coefficient (Wildman–Crippen LogP) is 1.09. The topological polar surface area (TPSA) is 78.3 Å². The van der Waals surface area contributed by atoms with Gasteiger partial charge in [0.1, 0.15) is 0 Å². The Morgan fingerprint density at radius 3 is 1.83 bits per heavy atom. The summed E-state index contributed by atoms with van der Waals surface area (Å²) in [6.45, 7) is 0.0779. The van der Waals surface area contributed by atoms with Crippen molar-refractivity contribution in [2.45, 2.75) is 37.3 Å². The van der Waals surface area contributed by atoms with Gasteiger partial charge in [-0.05, 0) is 13.3 Å². The summed E-state index contributed by atoms with van der Waals surface area (Å²) in [4.78, 5) is 10.7. The molecule has 10 heteroatoms. The summed E-state index contributed by atoms with van der Waals surface area (Å²) >= 11 is 0. The number of carbonyl (C=O) groups excluding carboxylic acids is 1. The lowest BCUT2D eigenvalue weighted by atomic mass is 9.99. The molecule has 4 nitrogen and oxygen atoms in total. The molecule has 1 atom stereocenters. The lowest BCUT2D eigenvalue weighted by Crippen LogP contribution is -2.51. The highest BCUT2D eigenvalue weighted by molar-refractivity contribution is 5.83. The molecule has 0 aromatic carbocycles. The predicted molar refractivity (Wildman–Crippen MR) is 48.3 cm³/mol. The fourth-order valence-corrected chi connectivity index (χ4v) is 0.887. The lowest BCUT2D eigenvalue weighted by Gasteiger charge is -2.25. The highest BCUT2D eigenvalue weighted by Gasteiger charge is 2.58. The number of ether oxygens (including phenoxy) is 1. The molecule has 0 radical (unpaired) electrons. The van der Waals surface area contributed by atoms with Crippen LogP contribution in [-0.2, 0) is 9.53 Å². The van der Waals surface area contributed by atoms with E-state index in [0.717, 1.165) is 6.92 Å². The van der Waals surface area contributed by atoms with Gasteiger partial charge in [0.05, 0.1) is 12.1 Å². The molecule has 0 fully saturated rings. The average Bonchev–Trinajstić information content (AvgIpc) is 2.07. The SMILES string of the molecule is CC(N)(CCOC(C(F)(F)F)C(F)(F)F)C(N)=O. The van der Waals surface area contributed by atoms with Crippen molar-refractivity contribution in [2.24, 2.45) is 11.5 Å². The number of amides is 1. The summed E-state index contributed by atoms with van der Waals surface area (Å²) in [6.07, 6.45) is -15.6. The van der Waals surface area contributed by atoms with Crippen molar-refractivity contribution in [2.75, 3.05) is 6.61 Å². The molecular formula is C8H12F6N2O2. The Kier molecular flexibility index (Phi) is 5.00. The first-order valence-corrected chi connectivity index (χ1v) is 4.62. The molecule has 0 aromatic rings. The number of nitrogens with two attached hydrogens (primary N) is 2. The van der Waals surface area contributed by atoms with Crippen LogP contribution in [0.1, 0.15) is 13.3 Å². The smallest absolute Gasteiger partial charge is 0.368 e. The van der Waals surface area contributed by atoms with Crippen LogP contribution in [0.5, 0.6) is 0 Å². The van der Waals surface area contributed by atoms with Gasteiger partial charge in [0.2, 0.25) is 12.0 Å². The number of hydrogen-bond donors (Lipinski definition) is 2. The summed E-state index contributed by atoms with van der Waals surface area (Å²) in [5, 5.41) is 0. The molecule has 0 spiro atoms. The van der Waals surface area contributed by atoms with Gasteiger partial charge in [0.15, 0.2) is 0 Å². The fraction of sp³-hybridized carbons (Fsp3) is 0.875. The van der Waals surface area contributed by atoms with E-state index in [1.807, 2.05) is 0 Å². The second kappa shape index (κ2) is 5.31. The highest BCUT2D eigenvalue weighted by Crippen LogP contribution is 2.35. The average molecular weight is 282 g/mol. The number of rotatable bonds is 5. The summed E-state index contributed by atoms with van der Waals surface area (Å²) in [5.74, 6) is -1.05. The third-order valence-electron chi connectivity index (χ3n) is 2.06. The van der Waals surface area contributed by atoms with Crippen molar-refractivity contribution in [3.63, 3.8) is 0 Å². The van der Waals surface area contributed by atoms with Gasteiger partial charge in [-0.25, -0.2) is 0 Å². The molecule has 0 bridgehead atoms. The van der Waals surface area contributed by atoms with Crippen molar-refractivity contribution in [1.82, 2.24) is 0 Å². The second-order valence-corrected chi connectivity index (χ2v) is 3.87. The molecule has 0 saturated carbocycles. The molecule has 0 aliphatic heterocycles. The van der Waals surface area contributed by atoms with E-state index in [1.165, 1.54) is 0 Å². The minimum absolute atomic E-state index is 0.564. The van der Waals surface area contributed by atoms with Crippen LogP contribution in [0.2, 0.25) is 0 Å². The molecule has 0 aliphatic carbocycles. The van der Waals surface area contributed by atoms with E-state index in [4.69, 9.17) is 11.5 Å². The zero-order valence-corrected chi connectivity index (χ0v) is 9.23. The van der Waals surface area contributed by atoms with E-state index in [2.05, 4.69) is 4.74 Å². The van der Waals surface area contributed by atoms with Crippen molar-refractivity contribution < 1.29 is 35.9 Å². The van der Waals surface area contributed by atoms with Crippen LogP contribution >= 0.6 is 0 Å². The molecule has 4 N–H and O–H groups in total. The second-order valence-electron chi connectivity index (χ2n) is 3.87. The lowest BCUT2D eigenvalue weighted by molar-refractivity contribution is -0.322. The van der Waals surface area contributed by atoms with E-state index in [1.54, 1.807) is 0 Å². The van der Waals surface area contributed by atoms with Crippen LogP contribution in [0.3, 0.4) is 0 Å². The largest absolute Gasteiger partial charge is 0.423 e. The molecule has 1 unspecified atom stereocenters. The van der Waals surface area contributed by atoms with Crippen molar-refractivity contribution in [3.8, 4) is 0 Å². The molecule has 0 aliphatic rings. The Hall–Kier alpha value is -1.03. The summed E-state index contributed by atoms with van der Waals surface area (Å²) < 4.78 is 75.9. The number of hydrogen-bond acceptors (Lipinski definition) is 3. The quantitative estimate of drug-likeness (QED) is 0.741. The van der Waals surface area contributed by atoms with E-state index in [-0.39, 0.29) is 0 Å². The van der Waals surface area contributed by atoms with Gasteiger partial charge >= 0.3 is 12.4 Å². The van der Waals surface area contributed by atoms with Gasteiger partial charge in [-0.3, -0.25) is 4.79 Å². The van der Waals surface area contributed by atoms with Crippen LogP contribution < -0.4 is 11.5 Å². The number of carbonyl (C=O) groups is 1. The van der Waals surface area contributed by atoms with Gasteiger partial charge in [0.25, 0.3) is 0 Å². The molecule has 1 amide bonds. The molecule has 0 rings (SSSR count). The van der Waals surface area contributed by atoms with Crippen molar-refractivity contribution in [3.05, 3.63) is 0 Å². The molecule has 0 heterocycles. The molecule has 18 heavy (non-hydrogen) atoms. The van der Waals surface area contributed by atoms with Crippen LogP contribution in [0.25, 0.3) is 0 Å². The number of halogens is 6. The van der Waals surface area contributed by atoms with Gasteiger partial charge in [-0.15, -0.1) is 0 Å². The molecule has 0 saturated heterocycles. The zero-order valence-electron chi connectivity index (χ0n) is 9.23. The van der Waals surface area contributed by atoms with E-state index in [0.29, 0.717) is 0 Å². The minimum atomic E-state index is -5.59. The van der Waals surface area contributed by atoms with Crippen molar-refractivity contribution >= 4 is 5.91 Å². The van der Waals surface area contributed by atoms with Gasteiger partial charge in [-0.2, -0.15) is 26.3 Å². The zero-order chi connectivity index (χ0) is 14.8. The third kappa shape index (κ3) is 5.08. The highest BCUT2D eigenvalue weighted by atomic mass is 19.4. The van der Waals surface area contributed by atoms with Crippen LogP contribution in [0.4, 0.5) is 26.3 Å². The monoisotopic (exact) mass is 282 g/mol. The minimum Gasteiger partial charge on any atom is -0.368 e. The Labute approximate surface area is 98.2 Å². The third-order valence-corrected chi connectivity index (χ3v) is 2.06. The van der Waals surface area contributed by atoms with E-state index >= 15 is 0 Å². The van der Waals surface area contributed by atoms with Crippen LogP contribution in [-0.4, -0.2) is 36.5 Å². The van der Waals surface area contributed by atoms with E-state index < -0.39 is 42.9 Å². The Bertz CT molecular complexity index is 285. The van der Waals surface area contributed by atoms with Crippen LogP contribution in [0.15, 0.2) is 0 Å². The van der Waals surface area contributed by atoms with Gasteiger partial charge in [0, 0.05) is 0 Å². The summed E-state index contributed by atoms with van der Waals surface area (Å²) in [6, 6.07) is 0. The Balaban J connectivity index is 4.54. The van der Waals surface area contributed by atoms with Gasteiger partial charge < -0.3 is 16.2 Å². The van der Waals surface area contributed by atoms with Crippen molar-refractivity contribution in [1.29, 1.82) is 0 Å². The first kappa shape index (κ1) is 17.0. The number of alkyl halides is 6.